The van der Waals surface area contributed by atoms with Crippen LogP contribution in [0.3, 0.4) is 0 Å². The van der Waals surface area contributed by atoms with Crippen LogP contribution in [0.15, 0.2) is 30.3 Å². The van der Waals surface area contributed by atoms with Gasteiger partial charge in [-0.1, -0.05) is 30.4 Å². The second kappa shape index (κ2) is 8.79. The van der Waals surface area contributed by atoms with E-state index in [4.69, 9.17) is 9.47 Å². The predicted molar refractivity (Wildman–Crippen MR) is 71.4 cm³/mol. The van der Waals surface area contributed by atoms with Crippen molar-refractivity contribution in [1.29, 1.82) is 0 Å². The lowest BCUT2D eigenvalue weighted by atomic mass is 10.2. The van der Waals surface area contributed by atoms with E-state index in [2.05, 4.69) is 5.32 Å². The molecule has 1 aromatic carbocycles. The third kappa shape index (κ3) is 5.52. The number of ether oxygens (including phenoxy) is 2. The maximum absolute atomic E-state index is 5.72. The topological polar surface area (TPSA) is 30.5 Å². The van der Waals surface area contributed by atoms with Crippen LogP contribution in [0.5, 0.6) is 5.75 Å². The Kier molecular flexibility index (Phi) is 7.11. The van der Waals surface area contributed by atoms with Crippen LogP contribution in [-0.4, -0.2) is 33.4 Å². The van der Waals surface area contributed by atoms with Gasteiger partial charge < -0.3 is 14.8 Å². The summed E-state index contributed by atoms with van der Waals surface area (Å²) < 4.78 is 10.7. The average Bonchev–Trinajstić information content (AvgIpc) is 2.36. The van der Waals surface area contributed by atoms with Gasteiger partial charge in [-0.2, -0.15) is 0 Å². The molecule has 0 saturated heterocycles. The van der Waals surface area contributed by atoms with E-state index in [-0.39, 0.29) is 0 Å². The summed E-state index contributed by atoms with van der Waals surface area (Å²) in [6.45, 7) is 5.08. The Bertz CT molecular complexity index is 337. The Morgan fingerprint density at radius 2 is 1.94 bits per heavy atom. The molecule has 0 heterocycles. The Morgan fingerprint density at radius 1 is 1.18 bits per heavy atom. The quantitative estimate of drug-likeness (QED) is 0.702. The summed E-state index contributed by atoms with van der Waals surface area (Å²) in [7, 11) is 1.70. The van der Waals surface area contributed by atoms with Crippen LogP contribution in [-0.2, 0) is 4.74 Å². The standard InChI is InChI=1S/C14H21NO2/c1-3-6-13-7-4-5-8-14(13)17-12-10-15-9-11-16-2/h3-8,15H,9-12H2,1-2H3. The number of hydrogen-bond acceptors (Lipinski definition) is 3. The lowest BCUT2D eigenvalue weighted by molar-refractivity contribution is 0.196. The summed E-state index contributed by atoms with van der Waals surface area (Å²) >= 11 is 0. The van der Waals surface area contributed by atoms with E-state index < -0.39 is 0 Å². The molecule has 0 unspecified atom stereocenters. The molecule has 0 atom stereocenters. The number of allylic oxidation sites excluding steroid dienone is 1. The molecule has 1 aromatic rings. The van der Waals surface area contributed by atoms with Crippen LogP contribution in [0.2, 0.25) is 0 Å². The van der Waals surface area contributed by atoms with Crippen LogP contribution >= 0.6 is 0 Å². The van der Waals surface area contributed by atoms with Crippen molar-refractivity contribution in [3.05, 3.63) is 35.9 Å². The Morgan fingerprint density at radius 3 is 2.71 bits per heavy atom. The zero-order valence-electron chi connectivity index (χ0n) is 10.6. The fourth-order valence-electron chi connectivity index (χ4n) is 1.46. The maximum atomic E-state index is 5.72. The van der Waals surface area contributed by atoms with E-state index in [9.17, 15) is 0 Å². The highest BCUT2D eigenvalue weighted by molar-refractivity contribution is 5.56. The highest BCUT2D eigenvalue weighted by atomic mass is 16.5. The summed E-state index contributed by atoms with van der Waals surface area (Å²) in [5.41, 5.74) is 1.12. The summed E-state index contributed by atoms with van der Waals surface area (Å²) in [6, 6.07) is 8.04. The van der Waals surface area contributed by atoms with Crippen molar-refractivity contribution in [3.8, 4) is 5.75 Å². The molecule has 94 valence electrons. The number of benzene rings is 1. The van der Waals surface area contributed by atoms with E-state index >= 15 is 0 Å². The van der Waals surface area contributed by atoms with Crippen LogP contribution in [0.1, 0.15) is 12.5 Å². The van der Waals surface area contributed by atoms with Crippen molar-refractivity contribution in [2.75, 3.05) is 33.4 Å². The molecule has 0 aliphatic rings. The minimum absolute atomic E-state index is 0.665. The lowest BCUT2D eigenvalue weighted by Gasteiger charge is -2.09. The second-order valence-corrected chi connectivity index (χ2v) is 3.63. The number of methoxy groups -OCH3 is 1. The van der Waals surface area contributed by atoms with Crippen molar-refractivity contribution in [3.63, 3.8) is 0 Å². The highest BCUT2D eigenvalue weighted by Crippen LogP contribution is 2.18. The monoisotopic (exact) mass is 235 g/mol. The number of nitrogens with one attached hydrogen (secondary N) is 1. The minimum Gasteiger partial charge on any atom is -0.492 e. The molecule has 0 fully saturated rings. The smallest absolute Gasteiger partial charge is 0.126 e. The van der Waals surface area contributed by atoms with Gasteiger partial charge in [-0.25, -0.2) is 0 Å². The zero-order chi connectivity index (χ0) is 12.3. The van der Waals surface area contributed by atoms with Gasteiger partial charge >= 0.3 is 0 Å². The van der Waals surface area contributed by atoms with Gasteiger partial charge in [0.15, 0.2) is 0 Å². The van der Waals surface area contributed by atoms with Gasteiger partial charge in [-0.15, -0.1) is 0 Å². The van der Waals surface area contributed by atoms with E-state index in [1.54, 1.807) is 7.11 Å². The van der Waals surface area contributed by atoms with E-state index in [1.165, 1.54) is 0 Å². The molecular weight excluding hydrogens is 214 g/mol. The molecule has 3 nitrogen and oxygen atoms in total. The van der Waals surface area contributed by atoms with Gasteiger partial charge in [0.1, 0.15) is 12.4 Å². The van der Waals surface area contributed by atoms with Crippen molar-refractivity contribution in [1.82, 2.24) is 5.32 Å². The van der Waals surface area contributed by atoms with E-state index in [0.29, 0.717) is 6.61 Å². The van der Waals surface area contributed by atoms with Crippen molar-refractivity contribution < 1.29 is 9.47 Å². The van der Waals surface area contributed by atoms with Crippen LogP contribution in [0.4, 0.5) is 0 Å². The van der Waals surface area contributed by atoms with Gasteiger partial charge in [0.05, 0.1) is 6.61 Å². The summed E-state index contributed by atoms with van der Waals surface area (Å²) in [5.74, 6) is 0.930. The third-order valence-electron chi connectivity index (χ3n) is 2.28. The number of para-hydroxylation sites is 1. The average molecular weight is 235 g/mol. The molecule has 0 aliphatic carbocycles. The van der Waals surface area contributed by atoms with Crippen LogP contribution in [0, 0.1) is 0 Å². The molecule has 0 bridgehead atoms. The molecular formula is C14H21NO2. The van der Waals surface area contributed by atoms with Gasteiger partial charge in [0, 0.05) is 25.8 Å². The Hall–Kier alpha value is -1.32. The van der Waals surface area contributed by atoms with E-state index in [0.717, 1.165) is 31.0 Å². The van der Waals surface area contributed by atoms with Crippen molar-refractivity contribution >= 4 is 6.08 Å². The van der Waals surface area contributed by atoms with Gasteiger partial charge in [0.25, 0.3) is 0 Å². The lowest BCUT2D eigenvalue weighted by Crippen LogP contribution is -2.24. The fourth-order valence-corrected chi connectivity index (χ4v) is 1.46. The first-order chi connectivity index (χ1) is 8.38. The van der Waals surface area contributed by atoms with Crippen LogP contribution in [0.25, 0.3) is 6.08 Å². The first-order valence-electron chi connectivity index (χ1n) is 5.92. The number of hydrogen-bond donors (Lipinski definition) is 1. The van der Waals surface area contributed by atoms with Crippen LogP contribution < -0.4 is 10.1 Å². The molecule has 0 aromatic heterocycles. The SMILES string of the molecule is CC=Cc1ccccc1OCCNCCOC. The predicted octanol–water partition coefficient (Wildman–Crippen LogP) is 2.33. The molecule has 3 heteroatoms. The largest absolute Gasteiger partial charge is 0.492 e. The molecule has 0 saturated carbocycles. The normalized spacial score (nSPS) is 10.9. The second-order valence-electron chi connectivity index (χ2n) is 3.63. The molecule has 1 rings (SSSR count). The molecule has 0 aliphatic heterocycles. The first kappa shape index (κ1) is 13.7. The maximum Gasteiger partial charge on any atom is 0.126 e. The van der Waals surface area contributed by atoms with Gasteiger partial charge in [-0.3, -0.25) is 0 Å². The molecule has 17 heavy (non-hydrogen) atoms. The summed E-state index contributed by atoms with van der Waals surface area (Å²) in [4.78, 5) is 0. The highest BCUT2D eigenvalue weighted by Gasteiger charge is 1.98. The first-order valence-corrected chi connectivity index (χ1v) is 5.92. The third-order valence-corrected chi connectivity index (χ3v) is 2.28. The van der Waals surface area contributed by atoms with Gasteiger partial charge in [0.2, 0.25) is 0 Å². The summed E-state index contributed by atoms with van der Waals surface area (Å²) in [5, 5.41) is 3.24. The number of rotatable bonds is 8. The Labute approximate surface area is 103 Å². The molecule has 1 N–H and O–H groups in total. The molecule has 0 amide bonds. The van der Waals surface area contributed by atoms with Crippen molar-refractivity contribution in [2.24, 2.45) is 0 Å². The fraction of sp³-hybridized carbons (Fsp3) is 0.429. The zero-order valence-corrected chi connectivity index (χ0v) is 10.6. The van der Waals surface area contributed by atoms with Gasteiger partial charge in [-0.05, 0) is 13.0 Å². The minimum atomic E-state index is 0.665. The van der Waals surface area contributed by atoms with E-state index in [1.807, 2.05) is 43.3 Å². The van der Waals surface area contributed by atoms with Crippen molar-refractivity contribution in [2.45, 2.75) is 6.92 Å². The Balaban J connectivity index is 2.31. The summed E-state index contributed by atoms with van der Waals surface area (Å²) in [6.07, 6.45) is 4.06. The molecule has 0 spiro atoms. The molecule has 0 radical (unpaired) electrons.